The lowest BCUT2D eigenvalue weighted by molar-refractivity contribution is -0.143. The second-order valence-electron chi connectivity index (χ2n) is 7.68. The molecule has 7 nitrogen and oxygen atoms in total. The van der Waals surface area contributed by atoms with Crippen LogP contribution < -0.4 is 5.56 Å². The molecular weight excluding hydrogens is 418 g/mol. The molecule has 2 aromatic carbocycles. The first-order valence-electron chi connectivity index (χ1n) is 11.0. The lowest BCUT2D eigenvalue weighted by Crippen LogP contribution is -2.12. The van der Waals surface area contributed by atoms with Gasteiger partial charge in [-0.25, -0.2) is 4.98 Å². The van der Waals surface area contributed by atoms with Gasteiger partial charge in [-0.1, -0.05) is 60.7 Å². The van der Waals surface area contributed by atoms with Crippen LogP contribution in [0.1, 0.15) is 48.1 Å². The third-order valence-corrected chi connectivity index (χ3v) is 5.39. The lowest BCUT2D eigenvalue weighted by Gasteiger charge is -2.05. The number of hydrogen-bond donors (Lipinski definition) is 2. The molecule has 0 saturated carbocycles. The Balaban J connectivity index is 1.70. The topological polar surface area (TPSA) is 105 Å². The number of nitrogens with one attached hydrogen (secondary N) is 2. The molecule has 168 valence electrons. The smallest absolute Gasteiger partial charge is 0.305 e. The van der Waals surface area contributed by atoms with Crippen LogP contribution in [0, 0.1) is 0 Å². The van der Waals surface area contributed by atoms with E-state index in [2.05, 4.69) is 15.0 Å². The Kier molecular flexibility index (Phi) is 6.78. The molecular formula is C26H25N3O4. The molecule has 33 heavy (non-hydrogen) atoms. The molecule has 0 atom stereocenters. The van der Waals surface area contributed by atoms with Crippen LogP contribution in [0.3, 0.4) is 0 Å². The Bertz CT molecular complexity index is 1320. The molecule has 2 heterocycles. The summed E-state index contributed by atoms with van der Waals surface area (Å²) in [5.41, 5.74) is 2.23. The number of H-pyrrole nitrogens is 2. The summed E-state index contributed by atoms with van der Waals surface area (Å²) in [7, 11) is 0. The number of carbonyl (C=O) groups is 2. The number of nitrogens with zero attached hydrogens (tertiary/aromatic N) is 1. The average molecular weight is 444 g/mol. The fraction of sp³-hybridized carbons (Fsp3) is 0.231. The molecule has 4 aromatic rings. The van der Waals surface area contributed by atoms with Gasteiger partial charge in [0.05, 0.1) is 17.7 Å². The van der Waals surface area contributed by atoms with Crippen molar-refractivity contribution >= 4 is 22.8 Å². The van der Waals surface area contributed by atoms with Crippen LogP contribution in [-0.4, -0.2) is 33.3 Å². The van der Waals surface area contributed by atoms with Crippen molar-refractivity contribution in [1.29, 1.82) is 0 Å². The van der Waals surface area contributed by atoms with Gasteiger partial charge in [-0.3, -0.25) is 14.4 Å². The van der Waals surface area contributed by atoms with E-state index in [0.717, 1.165) is 5.56 Å². The maximum atomic E-state index is 13.3. The zero-order valence-electron chi connectivity index (χ0n) is 18.4. The number of aromatic nitrogens is 3. The quantitative estimate of drug-likeness (QED) is 0.226. The van der Waals surface area contributed by atoms with E-state index in [1.165, 1.54) is 0 Å². The van der Waals surface area contributed by atoms with Gasteiger partial charge in [0.15, 0.2) is 0 Å². The zero-order chi connectivity index (χ0) is 23.2. The standard InChI is InChI=1S/C26H25N3O4/c1-2-33-20(30)16-10-9-15-19-27-25-22(26(32)28-19)21(17-11-5-3-6-12-17)23(29-25)24(31)18-13-7-4-8-14-18/h3-8,11-14H,2,9-10,15-16H2,1H3,(H2,27,28,29,32). The first-order chi connectivity index (χ1) is 16.1. The van der Waals surface area contributed by atoms with Gasteiger partial charge in [0.2, 0.25) is 5.78 Å². The van der Waals surface area contributed by atoms with E-state index in [1.54, 1.807) is 31.2 Å². The van der Waals surface area contributed by atoms with Gasteiger partial charge in [-0.15, -0.1) is 0 Å². The monoisotopic (exact) mass is 443 g/mol. The van der Waals surface area contributed by atoms with Gasteiger partial charge in [-0.2, -0.15) is 0 Å². The summed E-state index contributed by atoms with van der Waals surface area (Å²) in [6.07, 6.45) is 2.15. The molecule has 0 bridgehead atoms. The van der Waals surface area contributed by atoms with E-state index in [1.807, 2.05) is 36.4 Å². The molecule has 0 unspecified atom stereocenters. The highest BCUT2D eigenvalue weighted by Crippen LogP contribution is 2.31. The molecule has 0 radical (unpaired) electrons. The van der Waals surface area contributed by atoms with E-state index in [4.69, 9.17) is 4.74 Å². The highest BCUT2D eigenvalue weighted by molar-refractivity contribution is 6.16. The van der Waals surface area contributed by atoms with Gasteiger partial charge in [0.1, 0.15) is 11.5 Å². The van der Waals surface area contributed by atoms with Crippen molar-refractivity contribution in [2.24, 2.45) is 0 Å². The Hall–Kier alpha value is -4.00. The van der Waals surface area contributed by atoms with E-state index in [-0.39, 0.29) is 17.3 Å². The maximum absolute atomic E-state index is 13.3. The summed E-state index contributed by atoms with van der Waals surface area (Å²) in [5.74, 6) is 0.0779. The molecule has 0 aliphatic heterocycles. The largest absolute Gasteiger partial charge is 0.466 e. The van der Waals surface area contributed by atoms with Crippen molar-refractivity contribution in [1.82, 2.24) is 15.0 Å². The van der Waals surface area contributed by atoms with Crippen LogP contribution in [0.15, 0.2) is 65.5 Å². The van der Waals surface area contributed by atoms with Crippen LogP contribution in [0.4, 0.5) is 0 Å². The minimum Gasteiger partial charge on any atom is -0.466 e. The second-order valence-corrected chi connectivity index (χ2v) is 7.68. The first-order valence-corrected chi connectivity index (χ1v) is 11.0. The number of rotatable bonds is 9. The number of ketones is 1. The van der Waals surface area contributed by atoms with Gasteiger partial charge in [0, 0.05) is 24.0 Å². The number of carbonyl (C=O) groups excluding carboxylic acids is 2. The number of benzene rings is 2. The Morgan fingerprint density at radius 1 is 0.939 bits per heavy atom. The number of fused-ring (bicyclic) bond motifs is 1. The minimum absolute atomic E-state index is 0.206. The van der Waals surface area contributed by atoms with Crippen LogP contribution in [0.5, 0.6) is 0 Å². The van der Waals surface area contributed by atoms with Gasteiger partial charge in [0.25, 0.3) is 5.56 Å². The molecule has 0 amide bonds. The summed E-state index contributed by atoms with van der Waals surface area (Å²) >= 11 is 0. The highest BCUT2D eigenvalue weighted by atomic mass is 16.5. The molecule has 2 aromatic heterocycles. The molecule has 2 N–H and O–H groups in total. The number of aromatic amines is 2. The first kappa shape index (κ1) is 22.2. The van der Waals surface area contributed by atoms with Crippen molar-refractivity contribution in [3.8, 4) is 11.1 Å². The Labute approximate surface area is 190 Å². The predicted molar refractivity (Wildman–Crippen MR) is 126 cm³/mol. The van der Waals surface area contributed by atoms with Crippen molar-refractivity contribution in [2.45, 2.75) is 32.6 Å². The number of unbranched alkanes of at least 4 members (excludes halogenated alkanes) is 1. The highest BCUT2D eigenvalue weighted by Gasteiger charge is 2.23. The van der Waals surface area contributed by atoms with E-state index >= 15 is 0 Å². The summed E-state index contributed by atoms with van der Waals surface area (Å²) in [5, 5.41) is 0.357. The molecule has 0 aliphatic rings. The SMILES string of the molecule is CCOC(=O)CCCCc1nc2[nH]c(C(=O)c3ccccc3)c(-c3ccccc3)c2c(=O)[nH]1. The third kappa shape index (κ3) is 4.92. The number of hydrogen-bond acceptors (Lipinski definition) is 5. The maximum Gasteiger partial charge on any atom is 0.305 e. The second kappa shape index (κ2) is 10.1. The van der Waals surface area contributed by atoms with Crippen LogP contribution >= 0.6 is 0 Å². The molecule has 0 aliphatic carbocycles. The average Bonchev–Trinajstić information content (AvgIpc) is 3.23. The number of ether oxygens (including phenoxy) is 1. The van der Waals surface area contributed by atoms with Crippen LogP contribution in [0.2, 0.25) is 0 Å². The molecule has 4 rings (SSSR count). The van der Waals surface area contributed by atoms with Gasteiger partial charge < -0.3 is 14.7 Å². The van der Waals surface area contributed by atoms with Crippen molar-refractivity contribution < 1.29 is 14.3 Å². The molecule has 0 fully saturated rings. The zero-order valence-corrected chi connectivity index (χ0v) is 18.4. The lowest BCUT2D eigenvalue weighted by atomic mass is 9.98. The fourth-order valence-electron chi connectivity index (χ4n) is 3.86. The summed E-state index contributed by atoms with van der Waals surface area (Å²) in [6.45, 7) is 2.14. The van der Waals surface area contributed by atoms with Crippen molar-refractivity contribution in [3.05, 3.63) is 88.1 Å². The van der Waals surface area contributed by atoms with Crippen molar-refractivity contribution in [3.63, 3.8) is 0 Å². The molecule has 7 heteroatoms. The van der Waals surface area contributed by atoms with Crippen LogP contribution in [0.25, 0.3) is 22.2 Å². The van der Waals surface area contributed by atoms with Crippen LogP contribution in [-0.2, 0) is 16.0 Å². The summed E-state index contributed by atoms with van der Waals surface area (Å²) in [4.78, 5) is 48.5. The van der Waals surface area contributed by atoms with E-state index < -0.39 is 0 Å². The number of esters is 1. The Morgan fingerprint density at radius 3 is 2.33 bits per heavy atom. The summed E-state index contributed by atoms with van der Waals surface area (Å²) in [6, 6.07) is 18.3. The fourth-order valence-corrected chi connectivity index (χ4v) is 3.86. The van der Waals surface area contributed by atoms with E-state index in [9.17, 15) is 14.4 Å². The summed E-state index contributed by atoms with van der Waals surface area (Å²) < 4.78 is 4.94. The third-order valence-electron chi connectivity index (χ3n) is 5.39. The molecule has 0 spiro atoms. The normalized spacial score (nSPS) is 10.9. The van der Waals surface area contributed by atoms with Gasteiger partial charge >= 0.3 is 5.97 Å². The van der Waals surface area contributed by atoms with Gasteiger partial charge in [-0.05, 0) is 25.3 Å². The van der Waals surface area contributed by atoms with Crippen molar-refractivity contribution in [2.75, 3.05) is 6.61 Å². The number of aryl methyl sites for hydroxylation is 1. The van der Waals surface area contributed by atoms with E-state index in [0.29, 0.717) is 66.0 Å². The Morgan fingerprint density at radius 2 is 1.64 bits per heavy atom. The minimum atomic E-state index is -0.303. The predicted octanol–water partition coefficient (Wildman–Crippen LogP) is 4.43. The molecule has 0 saturated heterocycles.